The first-order chi connectivity index (χ1) is 9.77. The van der Waals surface area contributed by atoms with Gasteiger partial charge in [-0.3, -0.25) is 0 Å². The van der Waals surface area contributed by atoms with E-state index in [-0.39, 0.29) is 12.1 Å². The van der Waals surface area contributed by atoms with Crippen molar-refractivity contribution in [3.8, 4) is 0 Å². The van der Waals surface area contributed by atoms with Crippen LogP contribution in [0.4, 0.5) is 0 Å². The number of hydrogen-bond donors (Lipinski definition) is 5. The summed E-state index contributed by atoms with van der Waals surface area (Å²) < 4.78 is 4.58. The van der Waals surface area contributed by atoms with E-state index >= 15 is 0 Å². The molecular formula is C13H22O8. The second-order valence-electron chi connectivity index (χ2n) is 4.06. The third-order valence-electron chi connectivity index (χ3n) is 1.85. The number of aliphatic hydroxyl groups excluding tert-OH is 5. The largest absolute Gasteiger partial charge is 0.473 e. The topological polar surface area (TPSA) is 148 Å². The Bertz CT molecular complexity index is 330. The van der Waals surface area contributed by atoms with Gasteiger partial charge in [-0.15, -0.1) is 0 Å². The van der Waals surface area contributed by atoms with Crippen LogP contribution in [-0.2, 0) is 9.59 Å². The summed E-state index contributed by atoms with van der Waals surface area (Å²) in [5.41, 5.74) is 0. The van der Waals surface area contributed by atoms with Crippen molar-refractivity contribution in [2.75, 3.05) is 6.61 Å². The number of hydrogen-bond acceptors (Lipinski definition) is 8. The highest BCUT2D eigenvalue weighted by Crippen LogP contribution is 2.02. The van der Waals surface area contributed by atoms with E-state index in [1.165, 1.54) is 13.8 Å². The number of Topliss-reactive ketones (excluding diaryl/α,β-unsaturated/α-hetero) is 1. The molecule has 1 aromatic heterocycles. The van der Waals surface area contributed by atoms with E-state index in [1.807, 2.05) is 12.1 Å². The van der Waals surface area contributed by atoms with Crippen LogP contribution >= 0.6 is 0 Å². The summed E-state index contributed by atoms with van der Waals surface area (Å²) in [6.45, 7) is 2.30. The Balaban J connectivity index is 0. The smallest absolute Gasteiger partial charge is 0.151 e. The van der Waals surface area contributed by atoms with Crippen LogP contribution in [0.5, 0.6) is 0 Å². The van der Waals surface area contributed by atoms with Crippen molar-refractivity contribution < 1.29 is 39.5 Å². The molecular weight excluding hydrogens is 284 g/mol. The molecule has 0 spiro atoms. The Hall–Kier alpha value is -1.58. The Morgan fingerprint density at radius 2 is 1.52 bits per heavy atom. The van der Waals surface area contributed by atoms with Gasteiger partial charge in [-0.2, -0.15) is 0 Å². The van der Waals surface area contributed by atoms with E-state index in [4.69, 9.17) is 25.5 Å². The van der Waals surface area contributed by atoms with E-state index < -0.39 is 31.0 Å². The molecule has 5 N–H and O–H groups in total. The van der Waals surface area contributed by atoms with E-state index in [2.05, 4.69) is 4.42 Å². The molecule has 0 radical (unpaired) electrons. The van der Waals surface area contributed by atoms with Gasteiger partial charge in [0.1, 0.15) is 30.2 Å². The average Bonchev–Trinajstić information content (AvgIpc) is 3.02. The van der Waals surface area contributed by atoms with Crippen molar-refractivity contribution in [3.05, 3.63) is 24.7 Å². The third-order valence-corrected chi connectivity index (χ3v) is 1.85. The first-order valence-electron chi connectivity index (χ1n) is 6.00. The predicted octanol–water partition coefficient (Wildman–Crippen LogP) is -1.50. The third kappa shape index (κ3) is 13.2. The fourth-order valence-corrected chi connectivity index (χ4v) is 0.845. The molecule has 0 aliphatic heterocycles. The second-order valence-corrected chi connectivity index (χ2v) is 4.06. The number of carbonyl (C=O) groups is 2. The summed E-state index contributed by atoms with van der Waals surface area (Å²) >= 11 is 0. The van der Waals surface area contributed by atoms with Crippen LogP contribution in [0.1, 0.15) is 13.8 Å². The van der Waals surface area contributed by atoms with Gasteiger partial charge >= 0.3 is 0 Å². The lowest BCUT2D eigenvalue weighted by molar-refractivity contribution is -0.136. The van der Waals surface area contributed by atoms with E-state index in [1.54, 1.807) is 12.5 Å². The van der Waals surface area contributed by atoms with Gasteiger partial charge in [-0.1, -0.05) is 0 Å². The number of aldehydes is 1. The summed E-state index contributed by atoms with van der Waals surface area (Å²) in [6, 6.07) is 3.67. The van der Waals surface area contributed by atoms with Gasteiger partial charge in [0.15, 0.2) is 6.29 Å². The number of furan rings is 1. The lowest BCUT2D eigenvalue weighted by atomic mass is 10.0. The van der Waals surface area contributed by atoms with Crippen molar-refractivity contribution in [3.63, 3.8) is 0 Å². The molecule has 4 unspecified atom stereocenters. The lowest BCUT2D eigenvalue weighted by Crippen LogP contribution is -2.46. The summed E-state index contributed by atoms with van der Waals surface area (Å²) in [4.78, 5) is 19.3. The number of carbonyl (C=O) groups excluding carboxylic acids is 2. The fourth-order valence-electron chi connectivity index (χ4n) is 0.845. The molecule has 8 heteroatoms. The highest BCUT2D eigenvalue weighted by Gasteiger charge is 2.29. The van der Waals surface area contributed by atoms with E-state index in [0.29, 0.717) is 0 Å². The molecule has 0 saturated heterocycles. The summed E-state index contributed by atoms with van der Waals surface area (Å²) in [5, 5.41) is 43.5. The minimum Gasteiger partial charge on any atom is -0.473 e. The SMILES string of the molecule is CC(C)=O.O=CC(O)C(O)C(O)C(O)CO.c1ccoc1. The minimum absolute atomic E-state index is 0.0258. The molecule has 0 saturated carbocycles. The Labute approximate surface area is 122 Å². The fraction of sp³-hybridized carbons (Fsp3) is 0.538. The van der Waals surface area contributed by atoms with Crippen LogP contribution in [0.25, 0.3) is 0 Å². The zero-order valence-corrected chi connectivity index (χ0v) is 11.9. The Morgan fingerprint density at radius 1 is 1.10 bits per heavy atom. The molecule has 0 aromatic carbocycles. The summed E-state index contributed by atoms with van der Waals surface area (Å²) in [6.07, 6.45) is -3.59. The lowest BCUT2D eigenvalue weighted by Gasteiger charge is -2.22. The van der Waals surface area contributed by atoms with Crippen LogP contribution in [0.3, 0.4) is 0 Å². The molecule has 21 heavy (non-hydrogen) atoms. The first-order valence-corrected chi connectivity index (χ1v) is 6.00. The number of aliphatic hydroxyl groups is 5. The standard InChI is InChI=1S/C6H12O6.C4H4O.C3H6O/c7-1-3(9)5(11)6(12)4(10)2-8;1-2-4-5-3-1;1-3(2)4/h1,3-6,8-12H,2H2;1-4H;1-2H3. The maximum atomic E-state index is 9.90. The number of rotatable bonds is 5. The van der Waals surface area contributed by atoms with Crippen molar-refractivity contribution >= 4 is 12.1 Å². The molecule has 4 atom stereocenters. The van der Waals surface area contributed by atoms with Gasteiger partial charge in [0.05, 0.1) is 19.1 Å². The number of ketones is 1. The highest BCUT2D eigenvalue weighted by molar-refractivity contribution is 5.72. The van der Waals surface area contributed by atoms with Crippen LogP contribution < -0.4 is 0 Å². The summed E-state index contributed by atoms with van der Waals surface area (Å²) in [5.74, 6) is 0.167. The normalized spacial score (nSPS) is 15.2. The van der Waals surface area contributed by atoms with Crippen molar-refractivity contribution in [1.29, 1.82) is 0 Å². The highest BCUT2D eigenvalue weighted by atomic mass is 16.4. The maximum Gasteiger partial charge on any atom is 0.151 e. The zero-order chi connectivity index (χ0) is 16.8. The monoisotopic (exact) mass is 306 g/mol. The van der Waals surface area contributed by atoms with Gasteiger partial charge in [0.2, 0.25) is 0 Å². The molecule has 0 amide bonds. The van der Waals surface area contributed by atoms with Gasteiger partial charge in [0.25, 0.3) is 0 Å². The predicted molar refractivity (Wildman–Crippen MR) is 72.2 cm³/mol. The maximum absolute atomic E-state index is 9.90. The van der Waals surface area contributed by atoms with Gasteiger partial charge in [-0.25, -0.2) is 0 Å². The summed E-state index contributed by atoms with van der Waals surface area (Å²) in [7, 11) is 0. The second kappa shape index (κ2) is 13.4. The van der Waals surface area contributed by atoms with Crippen molar-refractivity contribution in [2.24, 2.45) is 0 Å². The van der Waals surface area contributed by atoms with Gasteiger partial charge in [-0.05, 0) is 26.0 Å². The molecule has 0 aliphatic rings. The molecule has 0 aliphatic carbocycles. The van der Waals surface area contributed by atoms with Gasteiger partial charge in [0, 0.05) is 0 Å². The molecule has 1 heterocycles. The van der Waals surface area contributed by atoms with Crippen LogP contribution in [0.15, 0.2) is 29.1 Å². The van der Waals surface area contributed by atoms with Crippen molar-refractivity contribution in [1.82, 2.24) is 0 Å². The average molecular weight is 306 g/mol. The first kappa shape index (κ1) is 21.7. The Morgan fingerprint density at radius 3 is 1.76 bits per heavy atom. The van der Waals surface area contributed by atoms with Crippen LogP contribution in [0, 0.1) is 0 Å². The quantitative estimate of drug-likeness (QED) is 0.412. The molecule has 1 rings (SSSR count). The Kier molecular flexibility index (Phi) is 13.9. The molecule has 0 bridgehead atoms. The van der Waals surface area contributed by atoms with Crippen LogP contribution in [0.2, 0.25) is 0 Å². The molecule has 0 fully saturated rings. The van der Waals surface area contributed by atoms with Crippen LogP contribution in [-0.4, -0.2) is 68.6 Å². The van der Waals surface area contributed by atoms with E-state index in [0.717, 1.165) is 0 Å². The molecule has 1 aromatic rings. The molecule has 122 valence electrons. The minimum atomic E-state index is -1.79. The van der Waals surface area contributed by atoms with Gasteiger partial charge < -0.3 is 39.5 Å². The van der Waals surface area contributed by atoms with Crippen molar-refractivity contribution in [2.45, 2.75) is 38.3 Å². The molecule has 8 nitrogen and oxygen atoms in total. The zero-order valence-electron chi connectivity index (χ0n) is 11.9. The van der Waals surface area contributed by atoms with E-state index in [9.17, 15) is 9.59 Å².